The second-order valence-corrected chi connectivity index (χ2v) is 6.10. The van der Waals surface area contributed by atoms with Crippen molar-refractivity contribution in [2.75, 3.05) is 11.5 Å². The highest BCUT2D eigenvalue weighted by atomic mass is 35.5. The summed E-state index contributed by atoms with van der Waals surface area (Å²) in [5.41, 5.74) is 0.754. The smallest absolute Gasteiger partial charge is 0.265 e. The second kappa shape index (κ2) is 8.10. The minimum atomic E-state index is -0.223. The van der Waals surface area contributed by atoms with Gasteiger partial charge in [-0.2, -0.15) is 0 Å². The van der Waals surface area contributed by atoms with Crippen LogP contribution < -0.4 is 9.64 Å². The van der Waals surface area contributed by atoms with Gasteiger partial charge in [-0.1, -0.05) is 41.4 Å². The molecule has 0 N–H and O–H groups in total. The van der Waals surface area contributed by atoms with Crippen molar-refractivity contribution in [2.24, 2.45) is 0 Å². The molecule has 3 aromatic rings. The summed E-state index contributed by atoms with van der Waals surface area (Å²) < 4.78 is 10.9. The number of para-hydroxylation sites is 1. The van der Waals surface area contributed by atoms with Crippen molar-refractivity contribution in [3.05, 3.63) is 82.7 Å². The standard InChI is InChI=1S/C19H15Cl2NO3/c20-14-8-9-17(21)18(11-14)25-13-19(23)22(12-16-7-4-10-24-16)15-5-2-1-3-6-15/h1-11H,12-13H2. The molecule has 0 aliphatic heterocycles. The largest absolute Gasteiger partial charge is 0.482 e. The minimum Gasteiger partial charge on any atom is -0.482 e. The van der Waals surface area contributed by atoms with Crippen molar-refractivity contribution in [3.63, 3.8) is 0 Å². The van der Waals surface area contributed by atoms with Crippen LogP contribution in [-0.2, 0) is 11.3 Å². The number of rotatable bonds is 6. The lowest BCUT2D eigenvalue weighted by Gasteiger charge is -2.22. The Kier molecular flexibility index (Phi) is 5.64. The lowest BCUT2D eigenvalue weighted by Crippen LogP contribution is -2.34. The first-order valence-corrected chi connectivity index (χ1v) is 8.35. The molecule has 25 heavy (non-hydrogen) atoms. The normalized spacial score (nSPS) is 10.5. The van der Waals surface area contributed by atoms with E-state index < -0.39 is 0 Å². The van der Waals surface area contributed by atoms with Crippen LogP contribution in [0.5, 0.6) is 5.75 Å². The van der Waals surface area contributed by atoms with Crippen LogP contribution in [0.1, 0.15) is 5.76 Å². The molecule has 4 nitrogen and oxygen atoms in total. The van der Waals surface area contributed by atoms with Gasteiger partial charge in [0.1, 0.15) is 11.5 Å². The van der Waals surface area contributed by atoms with Gasteiger partial charge in [-0.25, -0.2) is 0 Å². The van der Waals surface area contributed by atoms with Gasteiger partial charge in [-0.15, -0.1) is 0 Å². The summed E-state index contributed by atoms with van der Waals surface area (Å²) in [4.78, 5) is 14.3. The molecule has 1 amide bonds. The number of hydrogen-bond acceptors (Lipinski definition) is 3. The molecular weight excluding hydrogens is 361 g/mol. The van der Waals surface area contributed by atoms with Crippen LogP contribution in [0, 0.1) is 0 Å². The first-order valence-electron chi connectivity index (χ1n) is 7.59. The molecule has 0 saturated carbocycles. The third-order valence-electron chi connectivity index (χ3n) is 3.51. The molecule has 0 aliphatic carbocycles. The Morgan fingerprint density at radius 2 is 1.84 bits per heavy atom. The van der Waals surface area contributed by atoms with Crippen molar-refractivity contribution < 1.29 is 13.9 Å². The number of nitrogens with zero attached hydrogens (tertiary/aromatic N) is 1. The Hall–Kier alpha value is -2.43. The maximum absolute atomic E-state index is 12.7. The summed E-state index contributed by atoms with van der Waals surface area (Å²) in [6.07, 6.45) is 1.57. The predicted octanol–water partition coefficient (Wildman–Crippen LogP) is 5.20. The first kappa shape index (κ1) is 17.4. The maximum atomic E-state index is 12.7. The summed E-state index contributed by atoms with van der Waals surface area (Å²) in [6, 6.07) is 17.8. The molecule has 0 radical (unpaired) electrons. The van der Waals surface area contributed by atoms with Crippen LogP contribution in [0.15, 0.2) is 71.3 Å². The van der Waals surface area contributed by atoms with Crippen molar-refractivity contribution >= 4 is 34.8 Å². The van der Waals surface area contributed by atoms with Crippen LogP contribution in [-0.4, -0.2) is 12.5 Å². The summed E-state index contributed by atoms with van der Waals surface area (Å²) in [7, 11) is 0. The minimum absolute atomic E-state index is 0.171. The van der Waals surface area contributed by atoms with Crippen molar-refractivity contribution in [2.45, 2.75) is 6.54 Å². The summed E-state index contributed by atoms with van der Waals surface area (Å²) in [5, 5.41) is 0.886. The van der Waals surface area contributed by atoms with Crippen LogP contribution >= 0.6 is 23.2 Å². The fourth-order valence-corrected chi connectivity index (χ4v) is 2.63. The number of furan rings is 1. The van der Waals surface area contributed by atoms with Gasteiger partial charge in [0.05, 0.1) is 17.8 Å². The van der Waals surface area contributed by atoms with E-state index in [-0.39, 0.29) is 12.5 Å². The lowest BCUT2D eigenvalue weighted by molar-refractivity contribution is -0.120. The van der Waals surface area contributed by atoms with Gasteiger partial charge in [-0.3, -0.25) is 4.79 Å². The van der Waals surface area contributed by atoms with Crippen LogP contribution in [0.2, 0.25) is 10.0 Å². The van der Waals surface area contributed by atoms with E-state index in [4.69, 9.17) is 32.4 Å². The highest BCUT2D eigenvalue weighted by Crippen LogP contribution is 2.28. The van der Waals surface area contributed by atoms with E-state index in [0.717, 1.165) is 5.69 Å². The predicted molar refractivity (Wildman–Crippen MR) is 98.3 cm³/mol. The van der Waals surface area contributed by atoms with Gasteiger partial charge in [0.15, 0.2) is 6.61 Å². The number of halogens is 2. The van der Waals surface area contributed by atoms with Gasteiger partial charge >= 0.3 is 0 Å². The molecule has 0 unspecified atom stereocenters. The molecule has 6 heteroatoms. The Morgan fingerprint density at radius 1 is 1.04 bits per heavy atom. The SMILES string of the molecule is O=C(COc1cc(Cl)ccc1Cl)N(Cc1ccco1)c1ccccc1. The number of ether oxygens (including phenoxy) is 1. The first-order chi connectivity index (χ1) is 12.1. The summed E-state index contributed by atoms with van der Waals surface area (Å²) >= 11 is 12.0. The molecule has 0 aliphatic rings. The summed E-state index contributed by atoms with van der Waals surface area (Å²) in [6.45, 7) is 0.137. The number of benzene rings is 2. The zero-order chi connectivity index (χ0) is 17.6. The molecule has 128 valence electrons. The number of carbonyl (C=O) groups excluding carboxylic acids is 1. The molecule has 1 aromatic heterocycles. The van der Waals surface area contributed by atoms with E-state index in [1.165, 1.54) is 0 Å². The van der Waals surface area contributed by atoms with E-state index in [9.17, 15) is 4.79 Å². The highest BCUT2D eigenvalue weighted by molar-refractivity contribution is 6.34. The number of hydrogen-bond donors (Lipinski definition) is 0. The Labute approximate surface area is 155 Å². The average molecular weight is 376 g/mol. The topological polar surface area (TPSA) is 42.7 Å². The fraction of sp³-hybridized carbons (Fsp3) is 0.105. The Balaban J connectivity index is 1.76. The molecule has 0 fully saturated rings. The van der Waals surface area contributed by atoms with E-state index in [1.54, 1.807) is 35.4 Å². The molecule has 0 bridgehead atoms. The third kappa shape index (κ3) is 4.56. The van der Waals surface area contributed by atoms with Crippen molar-refractivity contribution in [3.8, 4) is 5.75 Å². The number of amides is 1. The average Bonchev–Trinajstić information content (AvgIpc) is 3.14. The summed E-state index contributed by atoms with van der Waals surface area (Å²) in [5.74, 6) is 0.824. The number of carbonyl (C=O) groups is 1. The molecule has 3 rings (SSSR count). The molecule has 0 atom stereocenters. The highest BCUT2D eigenvalue weighted by Gasteiger charge is 2.18. The van der Waals surface area contributed by atoms with Gasteiger partial charge in [-0.05, 0) is 36.4 Å². The van der Waals surface area contributed by atoms with Crippen LogP contribution in [0.3, 0.4) is 0 Å². The molecule has 2 aromatic carbocycles. The van der Waals surface area contributed by atoms with E-state index in [2.05, 4.69) is 0 Å². The van der Waals surface area contributed by atoms with Crippen LogP contribution in [0.25, 0.3) is 0 Å². The zero-order valence-electron chi connectivity index (χ0n) is 13.2. The Morgan fingerprint density at radius 3 is 2.56 bits per heavy atom. The number of anilines is 1. The van der Waals surface area contributed by atoms with Crippen molar-refractivity contribution in [1.82, 2.24) is 0 Å². The quantitative estimate of drug-likeness (QED) is 0.594. The fourth-order valence-electron chi connectivity index (χ4n) is 2.29. The van der Waals surface area contributed by atoms with Gasteiger partial charge < -0.3 is 14.1 Å². The van der Waals surface area contributed by atoms with Crippen LogP contribution in [0.4, 0.5) is 5.69 Å². The van der Waals surface area contributed by atoms with E-state index in [1.807, 2.05) is 36.4 Å². The monoisotopic (exact) mass is 375 g/mol. The van der Waals surface area contributed by atoms with E-state index in [0.29, 0.717) is 28.1 Å². The van der Waals surface area contributed by atoms with Gasteiger partial charge in [0, 0.05) is 16.8 Å². The molecular formula is C19H15Cl2NO3. The second-order valence-electron chi connectivity index (χ2n) is 5.26. The van der Waals surface area contributed by atoms with Gasteiger partial charge in [0.2, 0.25) is 0 Å². The molecule has 0 spiro atoms. The molecule has 1 heterocycles. The van der Waals surface area contributed by atoms with Crippen molar-refractivity contribution in [1.29, 1.82) is 0 Å². The lowest BCUT2D eigenvalue weighted by atomic mass is 10.2. The zero-order valence-corrected chi connectivity index (χ0v) is 14.7. The molecule has 0 saturated heterocycles. The maximum Gasteiger partial charge on any atom is 0.265 e. The van der Waals surface area contributed by atoms with E-state index >= 15 is 0 Å². The third-order valence-corrected chi connectivity index (χ3v) is 4.05. The Bertz CT molecular complexity index is 835. The van der Waals surface area contributed by atoms with Gasteiger partial charge in [0.25, 0.3) is 5.91 Å².